The molecule has 2 unspecified atom stereocenters. The molecule has 6 heteroatoms. The standard InChI is InChI=1S/C11H12BrNO2S2/c12-10-6-7-11(16-10)17(14,15)13-8-2-1-3-9(13)5-4-8/h1-2,6-9H,3-5H2. The van der Waals surface area contributed by atoms with Crippen LogP contribution in [0.2, 0.25) is 0 Å². The van der Waals surface area contributed by atoms with Gasteiger partial charge in [-0.25, -0.2) is 8.42 Å². The Balaban J connectivity index is 2.02. The van der Waals surface area contributed by atoms with E-state index in [1.807, 2.05) is 6.08 Å². The largest absolute Gasteiger partial charge is 0.253 e. The summed E-state index contributed by atoms with van der Waals surface area (Å²) in [7, 11) is -3.31. The number of nitrogens with zero attached hydrogens (tertiary/aromatic N) is 1. The predicted octanol–water partition coefficient (Wildman–Crippen LogP) is 2.99. The molecule has 17 heavy (non-hydrogen) atoms. The molecular formula is C11H12BrNO2S2. The third-order valence-electron chi connectivity index (χ3n) is 3.33. The highest BCUT2D eigenvalue weighted by Gasteiger charge is 2.42. The Hall–Kier alpha value is -0.170. The Bertz CT molecular complexity index is 564. The van der Waals surface area contributed by atoms with E-state index in [2.05, 4.69) is 22.0 Å². The van der Waals surface area contributed by atoms with Crippen molar-refractivity contribution in [1.29, 1.82) is 0 Å². The van der Waals surface area contributed by atoms with Crippen LogP contribution in [0.15, 0.2) is 32.3 Å². The van der Waals surface area contributed by atoms with Gasteiger partial charge in [-0.2, -0.15) is 4.31 Å². The Kier molecular flexibility index (Phi) is 2.93. The van der Waals surface area contributed by atoms with E-state index in [0.717, 1.165) is 23.0 Å². The van der Waals surface area contributed by atoms with E-state index < -0.39 is 10.0 Å². The van der Waals surface area contributed by atoms with Gasteiger partial charge in [-0.3, -0.25) is 0 Å². The van der Waals surface area contributed by atoms with Crippen LogP contribution in [0.5, 0.6) is 0 Å². The van der Waals surface area contributed by atoms with Gasteiger partial charge in [0.1, 0.15) is 4.21 Å². The summed E-state index contributed by atoms with van der Waals surface area (Å²) in [5.41, 5.74) is 0. The second-order valence-corrected chi connectivity index (χ2v) is 8.89. The summed E-state index contributed by atoms with van der Waals surface area (Å²) in [5, 5.41) is 0. The minimum absolute atomic E-state index is 0.0691. The van der Waals surface area contributed by atoms with Crippen LogP contribution >= 0.6 is 27.3 Å². The molecule has 0 radical (unpaired) electrons. The molecule has 3 rings (SSSR count). The summed E-state index contributed by atoms with van der Waals surface area (Å²) in [4.78, 5) is 0. The molecule has 2 bridgehead atoms. The number of rotatable bonds is 2. The lowest BCUT2D eigenvalue weighted by Crippen LogP contribution is -2.41. The molecule has 1 aromatic heterocycles. The Morgan fingerprint density at radius 3 is 2.82 bits per heavy atom. The second kappa shape index (κ2) is 4.19. The van der Waals surface area contributed by atoms with E-state index in [1.165, 1.54) is 11.3 Å². The Labute approximate surface area is 113 Å². The normalized spacial score (nSPS) is 28.8. The van der Waals surface area contributed by atoms with E-state index in [9.17, 15) is 8.42 Å². The Morgan fingerprint density at radius 1 is 1.35 bits per heavy atom. The molecule has 0 N–H and O–H groups in total. The minimum Gasteiger partial charge on any atom is -0.206 e. The predicted molar refractivity (Wildman–Crippen MR) is 71.6 cm³/mol. The van der Waals surface area contributed by atoms with Crippen LogP contribution in [0.4, 0.5) is 0 Å². The molecule has 3 nitrogen and oxygen atoms in total. The zero-order chi connectivity index (χ0) is 12.0. The van der Waals surface area contributed by atoms with Gasteiger partial charge >= 0.3 is 0 Å². The van der Waals surface area contributed by atoms with E-state index in [1.54, 1.807) is 16.4 Å². The molecule has 1 aromatic rings. The van der Waals surface area contributed by atoms with Crippen molar-refractivity contribution in [2.45, 2.75) is 35.6 Å². The average Bonchev–Trinajstić information content (AvgIpc) is 2.82. The fourth-order valence-electron chi connectivity index (χ4n) is 2.60. The average molecular weight is 334 g/mol. The lowest BCUT2D eigenvalue weighted by Gasteiger charge is -2.29. The fraction of sp³-hybridized carbons (Fsp3) is 0.455. The van der Waals surface area contributed by atoms with Gasteiger partial charge in [-0.15, -0.1) is 11.3 Å². The second-order valence-electron chi connectivity index (χ2n) is 4.36. The summed E-state index contributed by atoms with van der Waals surface area (Å²) >= 11 is 4.60. The lowest BCUT2D eigenvalue weighted by molar-refractivity contribution is 0.342. The maximum atomic E-state index is 12.5. The van der Waals surface area contributed by atoms with Gasteiger partial charge in [-0.1, -0.05) is 12.2 Å². The maximum Gasteiger partial charge on any atom is 0.253 e. The third kappa shape index (κ3) is 1.91. The first kappa shape index (κ1) is 11.9. The van der Waals surface area contributed by atoms with Gasteiger partial charge in [0.05, 0.1) is 3.79 Å². The van der Waals surface area contributed by atoms with Gasteiger partial charge in [0.25, 0.3) is 10.0 Å². The smallest absolute Gasteiger partial charge is 0.206 e. The highest BCUT2D eigenvalue weighted by Crippen LogP contribution is 2.38. The number of sulfonamides is 1. The first-order valence-electron chi connectivity index (χ1n) is 5.54. The van der Waals surface area contributed by atoms with Gasteiger partial charge in [0.2, 0.25) is 0 Å². The highest BCUT2D eigenvalue weighted by molar-refractivity contribution is 9.11. The Morgan fingerprint density at radius 2 is 2.18 bits per heavy atom. The highest BCUT2D eigenvalue weighted by atomic mass is 79.9. The molecule has 3 heterocycles. The van der Waals surface area contributed by atoms with Gasteiger partial charge < -0.3 is 0 Å². The van der Waals surface area contributed by atoms with E-state index in [-0.39, 0.29) is 12.1 Å². The van der Waals surface area contributed by atoms with Crippen LogP contribution in [-0.2, 0) is 10.0 Å². The van der Waals surface area contributed by atoms with Crippen LogP contribution in [0.25, 0.3) is 0 Å². The van der Waals surface area contributed by atoms with Gasteiger partial charge in [-0.05, 0) is 47.3 Å². The number of hydrogen-bond acceptors (Lipinski definition) is 3. The molecule has 0 spiro atoms. The zero-order valence-corrected chi connectivity index (χ0v) is 12.3. The summed E-state index contributed by atoms with van der Waals surface area (Å²) < 4.78 is 28.1. The van der Waals surface area contributed by atoms with E-state index >= 15 is 0 Å². The van der Waals surface area contributed by atoms with Gasteiger partial charge in [0.15, 0.2) is 0 Å². The van der Waals surface area contributed by atoms with Crippen molar-refractivity contribution >= 4 is 37.3 Å². The molecule has 0 aromatic carbocycles. The van der Waals surface area contributed by atoms with Crippen molar-refractivity contribution in [2.75, 3.05) is 0 Å². The van der Waals surface area contributed by atoms with Crippen molar-refractivity contribution in [1.82, 2.24) is 4.31 Å². The molecule has 1 fully saturated rings. The number of thiophene rings is 1. The molecular weight excluding hydrogens is 322 g/mol. The molecule has 2 aliphatic rings. The van der Waals surface area contributed by atoms with Crippen molar-refractivity contribution < 1.29 is 8.42 Å². The number of fused-ring (bicyclic) bond motifs is 2. The minimum atomic E-state index is -3.31. The van der Waals surface area contributed by atoms with E-state index in [4.69, 9.17) is 0 Å². The molecule has 0 saturated carbocycles. The zero-order valence-electron chi connectivity index (χ0n) is 9.04. The number of hydrogen-bond donors (Lipinski definition) is 0. The molecule has 1 saturated heterocycles. The van der Waals surface area contributed by atoms with Crippen molar-refractivity contribution in [2.24, 2.45) is 0 Å². The van der Waals surface area contributed by atoms with Crippen molar-refractivity contribution in [3.63, 3.8) is 0 Å². The molecule has 0 aliphatic carbocycles. The monoisotopic (exact) mass is 333 g/mol. The van der Waals surface area contributed by atoms with Crippen LogP contribution in [0, 0.1) is 0 Å². The topological polar surface area (TPSA) is 37.4 Å². The SMILES string of the molecule is O=S(=O)(c1ccc(Br)s1)N1C2C=CCC1CC2. The third-order valence-corrected chi connectivity index (χ3v) is 7.40. The first-order chi connectivity index (χ1) is 8.09. The van der Waals surface area contributed by atoms with Crippen LogP contribution in [-0.4, -0.2) is 24.8 Å². The molecule has 2 aliphatic heterocycles. The van der Waals surface area contributed by atoms with Crippen LogP contribution < -0.4 is 0 Å². The van der Waals surface area contributed by atoms with Crippen molar-refractivity contribution in [3.8, 4) is 0 Å². The quantitative estimate of drug-likeness (QED) is 0.780. The summed E-state index contributed by atoms with van der Waals surface area (Å²) in [5.74, 6) is 0. The lowest BCUT2D eigenvalue weighted by atomic mass is 10.2. The first-order valence-corrected chi connectivity index (χ1v) is 8.59. The van der Waals surface area contributed by atoms with Crippen molar-refractivity contribution in [3.05, 3.63) is 28.1 Å². The molecule has 92 valence electrons. The molecule has 2 atom stereocenters. The summed E-state index contributed by atoms with van der Waals surface area (Å²) in [6.45, 7) is 0. The van der Waals surface area contributed by atoms with E-state index in [0.29, 0.717) is 4.21 Å². The summed E-state index contributed by atoms with van der Waals surface area (Å²) in [6.07, 6.45) is 6.92. The number of halogens is 1. The maximum absolute atomic E-state index is 12.5. The van der Waals surface area contributed by atoms with Gasteiger partial charge in [0, 0.05) is 12.1 Å². The molecule has 0 amide bonds. The summed E-state index contributed by atoms with van der Waals surface area (Å²) in [6, 6.07) is 3.71. The van der Waals surface area contributed by atoms with Crippen LogP contribution in [0.1, 0.15) is 19.3 Å². The van der Waals surface area contributed by atoms with Crippen LogP contribution in [0.3, 0.4) is 0 Å². The fourth-order valence-corrected chi connectivity index (χ4v) is 6.55.